The van der Waals surface area contributed by atoms with E-state index in [1.54, 1.807) is 68.7 Å². The van der Waals surface area contributed by atoms with Crippen LogP contribution in [0.25, 0.3) is 0 Å². The predicted octanol–water partition coefficient (Wildman–Crippen LogP) is 3.59. The Morgan fingerprint density at radius 2 is 1.78 bits per heavy atom. The summed E-state index contributed by atoms with van der Waals surface area (Å²) in [7, 11) is 4.73. The van der Waals surface area contributed by atoms with E-state index in [1.165, 1.54) is 23.2 Å². The second-order valence-electron chi connectivity index (χ2n) is 8.30. The number of amidine groups is 1. The lowest BCUT2D eigenvalue weighted by molar-refractivity contribution is -0.131. The van der Waals surface area contributed by atoms with Crippen LogP contribution >= 0.6 is 0 Å². The van der Waals surface area contributed by atoms with Gasteiger partial charge in [0, 0.05) is 25.3 Å². The molecule has 1 unspecified atom stereocenters. The van der Waals surface area contributed by atoms with Crippen LogP contribution < -0.4 is 25.4 Å². The van der Waals surface area contributed by atoms with E-state index in [9.17, 15) is 14.7 Å². The molecule has 10 nitrogen and oxygen atoms in total. The number of anilines is 2. The lowest BCUT2D eigenvalue weighted by Crippen LogP contribution is -2.46. The van der Waals surface area contributed by atoms with Crippen LogP contribution in [-0.4, -0.2) is 49.0 Å². The van der Waals surface area contributed by atoms with E-state index in [-0.39, 0.29) is 17.3 Å². The van der Waals surface area contributed by atoms with Gasteiger partial charge in [-0.2, -0.15) is 0 Å². The third-order valence-electron chi connectivity index (χ3n) is 6.11. The first-order valence-electron chi connectivity index (χ1n) is 11.1. The minimum absolute atomic E-state index is 0.0670. The molecule has 0 saturated heterocycles. The van der Waals surface area contributed by atoms with Crippen LogP contribution in [0, 0.1) is 12.3 Å². The minimum Gasteiger partial charge on any atom is -0.493 e. The van der Waals surface area contributed by atoms with Crippen LogP contribution in [0.5, 0.6) is 11.5 Å². The van der Waals surface area contributed by atoms with E-state index in [0.717, 1.165) is 5.56 Å². The third kappa shape index (κ3) is 4.61. The van der Waals surface area contributed by atoms with Crippen LogP contribution in [0.2, 0.25) is 0 Å². The van der Waals surface area contributed by atoms with Gasteiger partial charge in [-0.15, -0.1) is 0 Å². The molecule has 36 heavy (non-hydrogen) atoms. The van der Waals surface area contributed by atoms with Crippen molar-refractivity contribution in [2.24, 2.45) is 0 Å². The number of ether oxygens (including phenoxy) is 1. The molecule has 1 atom stereocenters. The van der Waals surface area contributed by atoms with Crippen LogP contribution in [0.4, 0.5) is 11.4 Å². The van der Waals surface area contributed by atoms with Gasteiger partial charge in [0.25, 0.3) is 5.91 Å². The van der Waals surface area contributed by atoms with Gasteiger partial charge in [-0.25, -0.2) is 10.3 Å². The molecule has 10 heteroatoms. The monoisotopic (exact) mass is 489 g/mol. The molecule has 0 aromatic heterocycles. The molecule has 2 heterocycles. The maximum atomic E-state index is 13.9. The fourth-order valence-corrected chi connectivity index (χ4v) is 4.00. The number of amides is 1. The highest BCUT2D eigenvalue weighted by atomic mass is 16.7. The van der Waals surface area contributed by atoms with Crippen molar-refractivity contribution in [3.8, 4) is 11.5 Å². The van der Waals surface area contributed by atoms with Gasteiger partial charge >= 0.3 is 5.97 Å². The third-order valence-corrected chi connectivity index (χ3v) is 6.11. The number of benzene rings is 3. The number of rotatable bonds is 5. The number of carboxylic acids is 1. The lowest BCUT2D eigenvalue weighted by Gasteiger charge is -2.34. The number of carbonyl (C=O) groups excluding carboxylic acids is 1. The van der Waals surface area contributed by atoms with Gasteiger partial charge in [-0.1, -0.05) is 12.1 Å². The average molecular weight is 490 g/mol. The molecule has 1 amide bonds. The summed E-state index contributed by atoms with van der Waals surface area (Å²) >= 11 is 0. The summed E-state index contributed by atoms with van der Waals surface area (Å²) in [4.78, 5) is 31.4. The number of fused-ring (bicyclic) bond motifs is 5. The Labute approximate surface area is 208 Å². The van der Waals surface area contributed by atoms with Crippen molar-refractivity contribution in [3.63, 3.8) is 0 Å². The number of hydrogen-bond donors (Lipinski definition) is 4. The molecule has 2 aliphatic heterocycles. The van der Waals surface area contributed by atoms with Crippen molar-refractivity contribution in [1.29, 1.82) is 5.41 Å². The minimum atomic E-state index is -1.09. The first kappa shape index (κ1) is 24.4. The van der Waals surface area contributed by atoms with E-state index in [2.05, 4.69) is 10.8 Å². The second kappa shape index (κ2) is 9.87. The predicted molar refractivity (Wildman–Crippen MR) is 136 cm³/mol. The summed E-state index contributed by atoms with van der Waals surface area (Å²) in [6.45, 7) is 1.86. The van der Waals surface area contributed by atoms with Crippen molar-refractivity contribution in [1.82, 2.24) is 10.5 Å². The Morgan fingerprint density at radius 3 is 2.44 bits per heavy atom. The normalized spacial score (nSPS) is 14.3. The molecule has 0 fully saturated rings. The van der Waals surface area contributed by atoms with E-state index in [0.29, 0.717) is 34.0 Å². The van der Waals surface area contributed by atoms with Crippen molar-refractivity contribution in [2.75, 3.05) is 31.5 Å². The van der Waals surface area contributed by atoms with E-state index in [4.69, 9.17) is 15.0 Å². The quantitative estimate of drug-likeness (QED) is 0.401. The molecule has 0 saturated carbocycles. The summed E-state index contributed by atoms with van der Waals surface area (Å²) in [5.74, 6) is -0.608. The Morgan fingerprint density at radius 1 is 1.08 bits per heavy atom. The molecular formula is C26H27N5O5. The molecule has 5 rings (SSSR count). The zero-order valence-electron chi connectivity index (χ0n) is 20.3. The van der Waals surface area contributed by atoms with Gasteiger partial charge < -0.3 is 20.0 Å². The largest absolute Gasteiger partial charge is 0.493 e. The fourth-order valence-electron chi connectivity index (χ4n) is 4.00. The van der Waals surface area contributed by atoms with Gasteiger partial charge in [0.1, 0.15) is 6.04 Å². The average Bonchev–Trinajstić information content (AvgIpc) is 2.89. The Hall–Kier alpha value is -4.73. The first-order chi connectivity index (χ1) is 17.2. The Balaban J connectivity index is 1.79. The number of aryl methyl sites for hydroxylation is 1. The van der Waals surface area contributed by atoms with Crippen molar-refractivity contribution in [3.05, 3.63) is 82.9 Å². The number of methoxy groups -OCH3 is 1. The molecule has 3 aromatic carbocycles. The second-order valence-corrected chi connectivity index (χ2v) is 8.30. The highest BCUT2D eigenvalue weighted by molar-refractivity contribution is 5.97. The van der Waals surface area contributed by atoms with Gasteiger partial charge in [-0.3, -0.25) is 20.2 Å². The number of nitrogens with one attached hydrogen (secondary N) is 3. The maximum absolute atomic E-state index is 13.9. The number of likely N-dealkylation sites (N-methyl/N-ethyl adjacent to an activating group) is 1. The maximum Gasteiger partial charge on any atom is 0.337 e. The number of hydroxylamine groups is 1. The summed E-state index contributed by atoms with van der Waals surface area (Å²) in [6, 6.07) is 16.1. The van der Waals surface area contributed by atoms with E-state index in [1.807, 2.05) is 6.92 Å². The van der Waals surface area contributed by atoms with Crippen LogP contribution in [0.1, 0.15) is 33.1 Å². The smallest absolute Gasteiger partial charge is 0.337 e. The number of carboxylic acid groups (broad SMARTS) is 1. The number of hydrogen-bond acceptors (Lipinski definition) is 7. The number of hydrazine groups is 1. The molecule has 4 N–H and O–H groups in total. The number of para-hydroxylation sites is 1. The van der Waals surface area contributed by atoms with E-state index < -0.39 is 12.0 Å². The molecule has 4 bridgehead atoms. The van der Waals surface area contributed by atoms with Gasteiger partial charge in [0.05, 0.1) is 18.4 Å². The first-order valence-corrected chi connectivity index (χ1v) is 11.1. The summed E-state index contributed by atoms with van der Waals surface area (Å²) < 4.78 is 5.45. The van der Waals surface area contributed by atoms with Crippen LogP contribution in [0.3, 0.4) is 0 Å². The van der Waals surface area contributed by atoms with E-state index >= 15 is 0 Å². The summed E-state index contributed by atoms with van der Waals surface area (Å²) in [6.07, 6.45) is 0. The number of aromatic carboxylic acids is 1. The summed E-state index contributed by atoms with van der Waals surface area (Å²) in [5, 5.41) is 24.0. The highest BCUT2D eigenvalue weighted by Crippen LogP contribution is 2.35. The molecule has 0 aliphatic carbocycles. The standard InChI is InChI=1S/C26H27N5O5/c1-15-13-21(35-4)22-14-19(15)23(28-17-11-9-16(10-12-17)24(27)29-36-22)25(32)31(3)30(2)20-8-6-5-7-18(20)26(33)34/h5-14,23,28H,1-4H3,(H2,27,29)(H,33,34). The SMILES string of the molecule is COc1cc(C)c2cc1ONC(=N)c1ccc(cc1)NC2C(=O)N(C)N(C)c1ccccc1C(=O)O. The number of nitrogens with zero attached hydrogens (tertiary/aromatic N) is 2. The zero-order valence-corrected chi connectivity index (χ0v) is 20.3. The Kier molecular flexibility index (Phi) is 6.69. The molecular weight excluding hydrogens is 462 g/mol. The molecule has 2 aliphatic rings. The molecule has 0 radical (unpaired) electrons. The van der Waals surface area contributed by atoms with Crippen molar-refractivity contribution >= 4 is 29.1 Å². The molecule has 186 valence electrons. The van der Waals surface area contributed by atoms with Crippen molar-refractivity contribution in [2.45, 2.75) is 13.0 Å². The van der Waals surface area contributed by atoms with Crippen LogP contribution in [0.15, 0.2) is 60.7 Å². The fraction of sp³-hybridized carbons (Fsp3) is 0.192. The molecule has 3 aromatic rings. The van der Waals surface area contributed by atoms with Crippen molar-refractivity contribution < 1.29 is 24.3 Å². The highest BCUT2D eigenvalue weighted by Gasteiger charge is 2.30. The number of carbonyl (C=O) groups is 2. The van der Waals surface area contributed by atoms with Gasteiger partial charge in [0.2, 0.25) is 0 Å². The Bertz CT molecular complexity index is 1320. The summed E-state index contributed by atoms with van der Waals surface area (Å²) in [5.41, 5.74) is 5.74. The van der Waals surface area contributed by atoms with Gasteiger partial charge in [0.15, 0.2) is 17.3 Å². The van der Waals surface area contributed by atoms with Gasteiger partial charge in [-0.05, 0) is 66.6 Å². The van der Waals surface area contributed by atoms with Crippen LogP contribution in [-0.2, 0) is 4.79 Å². The lowest BCUT2D eigenvalue weighted by atomic mass is 9.98. The topological polar surface area (TPSA) is 127 Å². The molecule has 0 spiro atoms. The zero-order chi connectivity index (χ0) is 26.0.